The number of para-hydroxylation sites is 1. The predicted octanol–water partition coefficient (Wildman–Crippen LogP) is 4.31. The van der Waals surface area contributed by atoms with Gasteiger partial charge in [0.05, 0.1) is 18.4 Å². The number of carboxylic acid groups (broad SMARTS) is 1. The molecule has 0 radical (unpaired) electrons. The summed E-state index contributed by atoms with van der Waals surface area (Å²) < 4.78 is 33.9. The Labute approximate surface area is 193 Å². The van der Waals surface area contributed by atoms with Gasteiger partial charge in [-0.1, -0.05) is 25.3 Å². The Kier molecular flexibility index (Phi) is 6.59. The molecule has 12 heteroatoms. The van der Waals surface area contributed by atoms with Gasteiger partial charge in [0.25, 0.3) is 6.35 Å². The smallest absolute Gasteiger partial charge is 0.350 e. The molecule has 1 fully saturated rings. The minimum absolute atomic E-state index is 0.0666. The molecule has 2 aromatic carbocycles. The van der Waals surface area contributed by atoms with Gasteiger partial charge in [0, 0.05) is 6.04 Å². The number of aliphatic hydroxyl groups excluding tert-OH is 1. The lowest BCUT2D eigenvalue weighted by molar-refractivity contribution is 0.0520. The van der Waals surface area contributed by atoms with E-state index in [0.29, 0.717) is 22.9 Å². The quantitative estimate of drug-likeness (QED) is 0.665. The van der Waals surface area contributed by atoms with Crippen molar-refractivity contribution >= 4 is 23.4 Å². The molecule has 0 bridgehead atoms. The van der Waals surface area contributed by atoms with Crippen molar-refractivity contribution in [2.75, 3.05) is 17.0 Å². The maximum Gasteiger partial charge on any atom is 0.350 e. The van der Waals surface area contributed by atoms with E-state index in [9.17, 15) is 28.6 Å². The van der Waals surface area contributed by atoms with E-state index in [1.807, 2.05) is 0 Å². The molecule has 1 saturated carbocycles. The van der Waals surface area contributed by atoms with Crippen LogP contribution in [0.1, 0.15) is 42.5 Å². The minimum atomic E-state index is -1.93. The number of ether oxygens (including phenoxy) is 1. The average molecular weight is 475 g/mol. The van der Waals surface area contributed by atoms with Gasteiger partial charge in [-0.25, -0.2) is 18.4 Å². The SMILES string of the molecule is COc1ccc(C(=O)O)cc1N(C(=O)N1N=NN(c2c(F)cccc2F)C1O)C1CCCCC1. The maximum atomic E-state index is 14.3. The molecule has 1 unspecified atom stereocenters. The van der Waals surface area contributed by atoms with Crippen molar-refractivity contribution in [2.45, 2.75) is 44.5 Å². The number of benzene rings is 2. The highest BCUT2D eigenvalue weighted by Crippen LogP contribution is 2.37. The zero-order valence-electron chi connectivity index (χ0n) is 18.3. The zero-order chi connectivity index (χ0) is 24.4. The number of anilines is 2. The van der Waals surface area contributed by atoms with Crippen LogP contribution in [-0.2, 0) is 0 Å². The van der Waals surface area contributed by atoms with Crippen LogP contribution in [0.4, 0.5) is 25.0 Å². The van der Waals surface area contributed by atoms with Gasteiger partial charge in [-0.2, -0.15) is 5.01 Å². The molecular weight excluding hydrogens is 452 g/mol. The Morgan fingerprint density at radius 2 is 1.76 bits per heavy atom. The molecule has 180 valence electrons. The van der Waals surface area contributed by atoms with Crippen molar-refractivity contribution in [1.82, 2.24) is 5.01 Å². The average Bonchev–Trinajstić information content (AvgIpc) is 3.20. The second-order valence-electron chi connectivity index (χ2n) is 7.92. The molecule has 2 aliphatic rings. The van der Waals surface area contributed by atoms with Gasteiger partial charge in [-0.05, 0) is 53.6 Å². The first kappa shape index (κ1) is 23.4. The molecule has 2 aromatic rings. The summed E-state index contributed by atoms with van der Waals surface area (Å²) >= 11 is 0. The van der Waals surface area contributed by atoms with E-state index in [-0.39, 0.29) is 23.0 Å². The number of hydrogen-bond donors (Lipinski definition) is 2. The highest BCUT2D eigenvalue weighted by atomic mass is 19.1. The van der Waals surface area contributed by atoms with E-state index in [1.165, 1.54) is 30.2 Å². The molecule has 2 N–H and O–H groups in total. The predicted molar refractivity (Wildman–Crippen MR) is 116 cm³/mol. The molecular formula is C22H23F2N5O5. The number of carbonyl (C=O) groups is 2. The van der Waals surface area contributed by atoms with E-state index < -0.39 is 35.7 Å². The van der Waals surface area contributed by atoms with Crippen LogP contribution < -0.4 is 14.6 Å². The number of aliphatic hydroxyl groups is 1. The van der Waals surface area contributed by atoms with Crippen LogP contribution in [0.3, 0.4) is 0 Å². The first-order valence-corrected chi connectivity index (χ1v) is 10.7. The van der Waals surface area contributed by atoms with Crippen LogP contribution in [0.2, 0.25) is 0 Å². The Morgan fingerprint density at radius 1 is 1.09 bits per heavy atom. The molecule has 34 heavy (non-hydrogen) atoms. The standard InChI is InChI=1S/C22H23F2N5O5/c1-34-18-11-10-13(20(30)31)12-17(18)27(14-6-3-2-4-7-14)21(32)29-22(33)28(25-26-29)19-15(23)8-5-9-16(19)24/h5,8-12,14,22,33H,2-4,6-7H2,1H3,(H,30,31). The summed E-state index contributed by atoms with van der Waals surface area (Å²) in [4.78, 5) is 26.6. The molecule has 1 heterocycles. The molecule has 4 rings (SSSR count). The van der Waals surface area contributed by atoms with Gasteiger partial charge in [0.1, 0.15) is 11.4 Å². The normalized spacial score (nSPS) is 18.3. The number of nitrogens with zero attached hydrogens (tertiary/aromatic N) is 5. The van der Waals surface area contributed by atoms with Crippen molar-refractivity contribution in [3.8, 4) is 5.75 Å². The number of hydrogen-bond acceptors (Lipinski definition) is 7. The van der Waals surface area contributed by atoms with E-state index in [4.69, 9.17) is 4.74 Å². The molecule has 2 amide bonds. The highest BCUT2D eigenvalue weighted by molar-refractivity contribution is 5.97. The van der Waals surface area contributed by atoms with Crippen molar-refractivity contribution in [1.29, 1.82) is 0 Å². The first-order valence-electron chi connectivity index (χ1n) is 10.7. The second kappa shape index (κ2) is 9.59. The molecule has 1 atom stereocenters. The third-order valence-electron chi connectivity index (χ3n) is 5.86. The molecule has 10 nitrogen and oxygen atoms in total. The maximum absolute atomic E-state index is 14.3. The number of carboxylic acids is 1. The summed E-state index contributed by atoms with van der Waals surface area (Å²) in [6, 6.07) is 6.03. The zero-order valence-corrected chi connectivity index (χ0v) is 18.3. The second-order valence-corrected chi connectivity index (χ2v) is 7.92. The summed E-state index contributed by atoms with van der Waals surface area (Å²) in [7, 11) is 1.38. The van der Waals surface area contributed by atoms with Gasteiger partial charge < -0.3 is 14.9 Å². The van der Waals surface area contributed by atoms with Gasteiger partial charge in [-0.15, -0.1) is 5.01 Å². The number of carbonyl (C=O) groups excluding carboxylic acids is 1. The minimum Gasteiger partial charge on any atom is -0.495 e. The fraction of sp³-hybridized carbons (Fsp3) is 0.364. The van der Waals surface area contributed by atoms with E-state index >= 15 is 0 Å². The molecule has 0 aromatic heterocycles. The monoisotopic (exact) mass is 475 g/mol. The topological polar surface area (TPSA) is 118 Å². The number of amides is 2. The van der Waals surface area contributed by atoms with Crippen LogP contribution in [0, 0.1) is 11.6 Å². The van der Waals surface area contributed by atoms with E-state index in [0.717, 1.165) is 37.5 Å². The van der Waals surface area contributed by atoms with Crippen LogP contribution in [0.25, 0.3) is 0 Å². The Morgan fingerprint density at radius 3 is 2.38 bits per heavy atom. The number of urea groups is 1. The van der Waals surface area contributed by atoms with E-state index in [2.05, 4.69) is 10.4 Å². The Hall–Kier alpha value is -3.80. The molecule has 1 aliphatic heterocycles. The Bertz CT molecular complexity index is 1100. The third-order valence-corrected chi connectivity index (χ3v) is 5.86. The molecule has 0 spiro atoms. The first-order chi connectivity index (χ1) is 16.3. The summed E-state index contributed by atoms with van der Waals surface area (Å²) in [6.45, 7) is 0. The van der Waals surface area contributed by atoms with Crippen molar-refractivity contribution < 1.29 is 33.3 Å². The van der Waals surface area contributed by atoms with Crippen molar-refractivity contribution in [2.24, 2.45) is 10.4 Å². The largest absolute Gasteiger partial charge is 0.495 e. The van der Waals surface area contributed by atoms with Crippen LogP contribution in [0.5, 0.6) is 5.75 Å². The third kappa shape index (κ3) is 4.23. The van der Waals surface area contributed by atoms with Crippen LogP contribution >= 0.6 is 0 Å². The highest BCUT2D eigenvalue weighted by Gasteiger charge is 2.41. The van der Waals surface area contributed by atoms with Gasteiger partial charge in [0.15, 0.2) is 11.6 Å². The number of rotatable bonds is 5. The van der Waals surface area contributed by atoms with Crippen molar-refractivity contribution in [3.05, 3.63) is 53.6 Å². The lowest BCUT2D eigenvalue weighted by atomic mass is 9.93. The lowest BCUT2D eigenvalue weighted by Gasteiger charge is -2.37. The summed E-state index contributed by atoms with van der Waals surface area (Å²) in [5.74, 6) is -2.94. The van der Waals surface area contributed by atoms with E-state index in [1.54, 1.807) is 0 Å². The number of methoxy groups -OCH3 is 1. The van der Waals surface area contributed by atoms with Crippen molar-refractivity contribution in [3.63, 3.8) is 0 Å². The van der Waals surface area contributed by atoms with Crippen LogP contribution in [-0.4, -0.2) is 46.7 Å². The molecule has 0 saturated heterocycles. The fourth-order valence-corrected chi connectivity index (χ4v) is 4.20. The number of aromatic carboxylic acids is 1. The summed E-state index contributed by atoms with van der Waals surface area (Å²) in [5.41, 5.74) is -0.552. The van der Waals surface area contributed by atoms with Gasteiger partial charge >= 0.3 is 12.0 Å². The molecule has 1 aliphatic carbocycles. The van der Waals surface area contributed by atoms with Gasteiger partial charge in [-0.3, -0.25) is 4.90 Å². The number of halogens is 2. The fourth-order valence-electron chi connectivity index (χ4n) is 4.20. The summed E-state index contributed by atoms with van der Waals surface area (Å²) in [6.07, 6.45) is 1.98. The Balaban J connectivity index is 1.72. The lowest BCUT2D eigenvalue weighted by Crippen LogP contribution is -2.52. The summed E-state index contributed by atoms with van der Waals surface area (Å²) in [5, 5.41) is 28.6. The van der Waals surface area contributed by atoms with Gasteiger partial charge in [0.2, 0.25) is 0 Å². The van der Waals surface area contributed by atoms with Crippen LogP contribution in [0.15, 0.2) is 46.8 Å².